The van der Waals surface area contributed by atoms with E-state index in [1.54, 1.807) is 11.3 Å². The number of rotatable bonds is 4. The molecule has 1 saturated heterocycles. The lowest BCUT2D eigenvalue weighted by Crippen LogP contribution is -2.44. The molecule has 1 unspecified atom stereocenters. The summed E-state index contributed by atoms with van der Waals surface area (Å²) in [7, 11) is 1.97. The lowest BCUT2D eigenvalue weighted by Gasteiger charge is -2.35. The zero-order chi connectivity index (χ0) is 13.0. The van der Waals surface area contributed by atoms with Gasteiger partial charge in [0, 0.05) is 18.0 Å². The van der Waals surface area contributed by atoms with Crippen molar-refractivity contribution in [1.29, 1.82) is 0 Å². The molecule has 5 heteroatoms. The smallest absolute Gasteiger partial charge is 0.254 e. The number of amides is 1. The molecule has 2 rings (SSSR count). The van der Waals surface area contributed by atoms with E-state index >= 15 is 0 Å². The van der Waals surface area contributed by atoms with Crippen LogP contribution < -0.4 is 5.32 Å². The van der Waals surface area contributed by atoms with Gasteiger partial charge in [-0.3, -0.25) is 4.79 Å². The minimum atomic E-state index is 0.218. The number of nitrogens with one attached hydrogen (secondary N) is 1. The highest BCUT2D eigenvalue weighted by atomic mass is 127. The summed E-state index contributed by atoms with van der Waals surface area (Å²) >= 11 is 3.91. The predicted octanol–water partition coefficient (Wildman–Crippen LogP) is 2.96. The number of hydrogen-bond acceptors (Lipinski definition) is 3. The molecule has 1 N–H and O–H groups in total. The Hall–Kier alpha value is -0.140. The van der Waals surface area contributed by atoms with Crippen molar-refractivity contribution < 1.29 is 4.79 Å². The maximum absolute atomic E-state index is 12.5. The number of carbonyl (C=O) groups is 1. The summed E-state index contributed by atoms with van der Waals surface area (Å²) in [6.07, 6.45) is 4.60. The fourth-order valence-electron chi connectivity index (χ4n) is 2.47. The number of likely N-dealkylation sites (tertiary alicyclic amines) is 1. The number of nitrogens with zero attached hydrogens (tertiary/aromatic N) is 1. The fourth-order valence-corrected chi connectivity index (χ4v) is 3.79. The molecule has 1 fully saturated rings. The van der Waals surface area contributed by atoms with Crippen LogP contribution >= 0.6 is 33.9 Å². The molecular formula is C13H19IN2OS. The van der Waals surface area contributed by atoms with E-state index in [1.165, 1.54) is 9.30 Å². The monoisotopic (exact) mass is 378 g/mol. The third-order valence-electron chi connectivity index (χ3n) is 3.43. The van der Waals surface area contributed by atoms with E-state index < -0.39 is 0 Å². The van der Waals surface area contributed by atoms with Gasteiger partial charge in [0.15, 0.2) is 0 Å². The van der Waals surface area contributed by atoms with Crippen molar-refractivity contribution in [2.75, 3.05) is 20.1 Å². The van der Waals surface area contributed by atoms with E-state index in [-0.39, 0.29) is 5.91 Å². The Morgan fingerprint density at radius 3 is 3.11 bits per heavy atom. The van der Waals surface area contributed by atoms with E-state index in [2.05, 4.69) is 32.8 Å². The molecule has 1 aliphatic heterocycles. The lowest BCUT2D eigenvalue weighted by molar-refractivity contribution is 0.0603. The summed E-state index contributed by atoms with van der Waals surface area (Å²) < 4.78 is 1.18. The molecule has 0 saturated carbocycles. The van der Waals surface area contributed by atoms with Crippen molar-refractivity contribution in [3.05, 3.63) is 19.9 Å². The van der Waals surface area contributed by atoms with Gasteiger partial charge in [0.1, 0.15) is 0 Å². The van der Waals surface area contributed by atoms with Crippen LogP contribution in [0.1, 0.15) is 36.0 Å². The van der Waals surface area contributed by atoms with Crippen LogP contribution in [-0.2, 0) is 0 Å². The van der Waals surface area contributed by atoms with Crippen LogP contribution in [0.2, 0.25) is 0 Å². The number of halogens is 1. The van der Waals surface area contributed by atoms with Gasteiger partial charge in [-0.05, 0) is 67.9 Å². The fraction of sp³-hybridized carbons (Fsp3) is 0.615. The number of carbonyl (C=O) groups excluding carboxylic acids is 1. The Balaban J connectivity index is 2.06. The largest absolute Gasteiger partial charge is 0.336 e. The van der Waals surface area contributed by atoms with Crippen LogP contribution in [0.5, 0.6) is 0 Å². The van der Waals surface area contributed by atoms with Crippen LogP contribution in [0.25, 0.3) is 0 Å². The number of piperidine rings is 1. The van der Waals surface area contributed by atoms with Crippen molar-refractivity contribution in [1.82, 2.24) is 10.2 Å². The van der Waals surface area contributed by atoms with E-state index in [1.807, 2.05) is 18.5 Å². The van der Waals surface area contributed by atoms with Gasteiger partial charge >= 0.3 is 0 Å². The van der Waals surface area contributed by atoms with Crippen molar-refractivity contribution in [2.24, 2.45) is 0 Å². The molecule has 0 bridgehead atoms. The van der Waals surface area contributed by atoms with Gasteiger partial charge in [-0.2, -0.15) is 0 Å². The van der Waals surface area contributed by atoms with Crippen LogP contribution in [0, 0.1) is 2.88 Å². The quantitative estimate of drug-likeness (QED) is 0.818. The zero-order valence-electron chi connectivity index (χ0n) is 10.6. The maximum atomic E-state index is 12.5. The predicted molar refractivity (Wildman–Crippen MR) is 84.3 cm³/mol. The summed E-state index contributed by atoms with van der Waals surface area (Å²) in [6, 6.07) is 2.41. The summed E-state index contributed by atoms with van der Waals surface area (Å²) in [5.41, 5.74) is 0.862. The molecule has 1 amide bonds. The second-order valence-electron chi connectivity index (χ2n) is 4.68. The Bertz CT molecular complexity index is 407. The van der Waals surface area contributed by atoms with Crippen molar-refractivity contribution in [2.45, 2.75) is 31.7 Å². The molecule has 0 aliphatic carbocycles. The van der Waals surface area contributed by atoms with E-state index in [0.29, 0.717) is 6.04 Å². The van der Waals surface area contributed by atoms with Gasteiger partial charge in [0.05, 0.1) is 8.45 Å². The van der Waals surface area contributed by atoms with Gasteiger partial charge in [-0.25, -0.2) is 0 Å². The van der Waals surface area contributed by atoms with Gasteiger partial charge in [0.2, 0.25) is 0 Å². The van der Waals surface area contributed by atoms with E-state index in [9.17, 15) is 4.79 Å². The highest BCUT2D eigenvalue weighted by molar-refractivity contribution is 14.1. The first kappa shape index (κ1) is 14.3. The molecule has 1 aliphatic rings. The molecule has 0 spiro atoms. The molecule has 1 aromatic heterocycles. The molecule has 0 radical (unpaired) electrons. The molecule has 1 aromatic rings. The van der Waals surface area contributed by atoms with Gasteiger partial charge in [0.25, 0.3) is 5.91 Å². The normalized spacial score (nSPS) is 20.1. The first-order chi connectivity index (χ1) is 8.72. The third-order valence-corrected chi connectivity index (χ3v) is 5.22. The number of thiophene rings is 1. The van der Waals surface area contributed by atoms with E-state index in [0.717, 1.165) is 37.9 Å². The second kappa shape index (κ2) is 6.86. The van der Waals surface area contributed by atoms with Gasteiger partial charge < -0.3 is 10.2 Å². The summed E-state index contributed by atoms with van der Waals surface area (Å²) in [6.45, 7) is 1.90. The highest BCUT2D eigenvalue weighted by Crippen LogP contribution is 2.24. The lowest BCUT2D eigenvalue weighted by atomic mass is 9.98. The van der Waals surface area contributed by atoms with Crippen molar-refractivity contribution in [3.8, 4) is 0 Å². The van der Waals surface area contributed by atoms with Crippen molar-refractivity contribution in [3.63, 3.8) is 0 Å². The Kier molecular flexibility index (Phi) is 5.44. The number of hydrogen-bond donors (Lipinski definition) is 1. The molecule has 0 aromatic carbocycles. The van der Waals surface area contributed by atoms with Crippen LogP contribution in [0.15, 0.2) is 11.4 Å². The molecule has 18 heavy (non-hydrogen) atoms. The average molecular weight is 378 g/mol. The molecular weight excluding hydrogens is 359 g/mol. The first-order valence-electron chi connectivity index (χ1n) is 6.42. The Labute approximate surface area is 126 Å². The summed E-state index contributed by atoms with van der Waals surface area (Å²) in [4.78, 5) is 14.6. The second-order valence-corrected chi connectivity index (χ2v) is 7.49. The molecule has 2 heterocycles. The van der Waals surface area contributed by atoms with E-state index in [4.69, 9.17) is 0 Å². The zero-order valence-corrected chi connectivity index (χ0v) is 13.6. The minimum Gasteiger partial charge on any atom is -0.336 e. The molecule has 100 valence electrons. The van der Waals surface area contributed by atoms with Crippen LogP contribution in [-0.4, -0.2) is 37.0 Å². The topological polar surface area (TPSA) is 32.3 Å². The minimum absolute atomic E-state index is 0.218. The Morgan fingerprint density at radius 2 is 2.44 bits per heavy atom. The molecule has 1 atom stereocenters. The molecule has 3 nitrogen and oxygen atoms in total. The van der Waals surface area contributed by atoms with Crippen LogP contribution in [0.3, 0.4) is 0 Å². The summed E-state index contributed by atoms with van der Waals surface area (Å²) in [5.74, 6) is 0.218. The third kappa shape index (κ3) is 3.45. The van der Waals surface area contributed by atoms with Gasteiger partial charge in [-0.1, -0.05) is 0 Å². The standard InChI is InChI=1S/C13H19IN2OS/c1-15-6-5-11-4-2-3-7-16(11)13(17)10-8-12(14)18-9-10/h8-9,11,15H,2-7H2,1H3. The van der Waals surface area contributed by atoms with Gasteiger partial charge in [-0.15, -0.1) is 11.3 Å². The van der Waals surface area contributed by atoms with Crippen molar-refractivity contribution >= 4 is 39.8 Å². The first-order valence-corrected chi connectivity index (χ1v) is 8.38. The SMILES string of the molecule is CNCCC1CCCCN1C(=O)c1csc(I)c1. The average Bonchev–Trinajstić information content (AvgIpc) is 2.82. The highest BCUT2D eigenvalue weighted by Gasteiger charge is 2.27. The maximum Gasteiger partial charge on any atom is 0.254 e. The summed E-state index contributed by atoms with van der Waals surface area (Å²) in [5, 5.41) is 5.16. The van der Waals surface area contributed by atoms with Crippen LogP contribution in [0.4, 0.5) is 0 Å². The Morgan fingerprint density at radius 1 is 1.61 bits per heavy atom.